The molecular formula is C15H17N5. The summed E-state index contributed by atoms with van der Waals surface area (Å²) < 4.78 is 1.77. The number of nitrogens with two attached hydrogens (primary N) is 1. The molecule has 5 nitrogen and oxygen atoms in total. The van der Waals surface area contributed by atoms with E-state index in [4.69, 9.17) is 5.73 Å². The molecule has 3 N–H and O–H groups in total. The van der Waals surface area contributed by atoms with Crippen LogP contribution in [-0.4, -0.2) is 21.1 Å². The molecule has 20 heavy (non-hydrogen) atoms. The minimum Gasteiger partial charge on any atom is -0.351 e. The molecule has 0 saturated heterocycles. The van der Waals surface area contributed by atoms with E-state index in [1.807, 2.05) is 55.6 Å². The standard InChI is InChI=1S/C15H17N5/c1-11-7-8-14-18-15(19-20(14)10-11)17-9-13(16)12-5-3-2-4-6-12/h2-8,10,13H,9,16H2,1H3,(H,17,19). The van der Waals surface area contributed by atoms with Crippen molar-refractivity contribution in [1.29, 1.82) is 0 Å². The second-order valence-electron chi connectivity index (χ2n) is 4.84. The predicted molar refractivity (Wildman–Crippen MR) is 79.6 cm³/mol. The van der Waals surface area contributed by atoms with E-state index in [2.05, 4.69) is 15.4 Å². The van der Waals surface area contributed by atoms with Crippen molar-refractivity contribution < 1.29 is 0 Å². The summed E-state index contributed by atoms with van der Waals surface area (Å²) in [5, 5.41) is 7.56. The molecule has 2 heterocycles. The van der Waals surface area contributed by atoms with Gasteiger partial charge >= 0.3 is 0 Å². The van der Waals surface area contributed by atoms with Gasteiger partial charge in [0.25, 0.3) is 0 Å². The largest absolute Gasteiger partial charge is 0.351 e. The molecule has 0 radical (unpaired) electrons. The van der Waals surface area contributed by atoms with E-state index >= 15 is 0 Å². The highest BCUT2D eigenvalue weighted by atomic mass is 15.3. The molecule has 0 spiro atoms. The van der Waals surface area contributed by atoms with Crippen LogP contribution in [0.5, 0.6) is 0 Å². The Morgan fingerprint density at radius 2 is 2.00 bits per heavy atom. The van der Waals surface area contributed by atoms with E-state index in [1.54, 1.807) is 4.52 Å². The van der Waals surface area contributed by atoms with Crippen molar-refractivity contribution in [2.45, 2.75) is 13.0 Å². The van der Waals surface area contributed by atoms with Crippen LogP contribution >= 0.6 is 0 Å². The van der Waals surface area contributed by atoms with Crippen LogP contribution in [0.4, 0.5) is 5.95 Å². The van der Waals surface area contributed by atoms with Crippen LogP contribution in [0.25, 0.3) is 5.65 Å². The molecule has 0 aliphatic carbocycles. The van der Waals surface area contributed by atoms with Crippen LogP contribution in [0.2, 0.25) is 0 Å². The Hall–Kier alpha value is -2.40. The van der Waals surface area contributed by atoms with E-state index in [0.717, 1.165) is 16.8 Å². The number of aromatic nitrogens is 3. The van der Waals surface area contributed by atoms with Gasteiger partial charge in [-0.05, 0) is 24.1 Å². The summed E-state index contributed by atoms with van der Waals surface area (Å²) in [6.07, 6.45) is 1.95. The second-order valence-corrected chi connectivity index (χ2v) is 4.84. The third kappa shape index (κ3) is 2.62. The number of rotatable bonds is 4. The first-order valence-corrected chi connectivity index (χ1v) is 6.60. The smallest absolute Gasteiger partial charge is 0.243 e. The van der Waals surface area contributed by atoms with Gasteiger partial charge in [0.05, 0.1) is 0 Å². The van der Waals surface area contributed by atoms with Gasteiger partial charge in [-0.25, -0.2) is 4.52 Å². The van der Waals surface area contributed by atoms with Gasteiger partial charge < -0.3 is 11.1 Å². The first-order chi connectivity index (χ1) is 9.72. The number of benzene rings is 1. The zero-order valence-corrected chi connectivity index (χ0v) is 11.3. The second kappa shape index (κ2) is 5.30. The van der Waals surface area contributed by atoms with Crippen molar-refractivity contribution in [3.05, 3.63) is 59.8 Å². The minimum absolute atomic E-state index is 0.0791. The maximum atomic E-state index is 6.14. The number of nitrogens with zero attached hydrogens (tertiary/aromatic N) is 3. The average Bonchev–Trinajstić information content (AvgIpc) is 2.87. The third-order valence-corrected chi connectivity index (χ3v) is 3.19. The fraction of sp³-hybridized carbons (Fsp3) is 0.200. The van der Waals surface area contributed by atoms with Crippen LogP contribution in [0, 0.1) is 6.92 Å². The van der Waals surface area contributed by atoms with Crippen molar-refractivity contribution in [3.63, 3.8) is 0 Å². The van der Waals surface area contributed by atoms with E-state index in [-0.39, 0.29) is 6.04 Å². The van der Waals surface area contributed by atoms with E-state index in [9.17, 15) is 0 Å². The van der Waals surface area contributed by atoms with E-state index < -0.39 is 0 Å². The molecule has 0 amide bonds. The fourth-order valence-corrected chi connectivity index (χ4v) is 2.08. The molecule has 0 saturated carbocycles. The monoisotopic (exact) mass is 267 g/mol. The number of pyridine rings is 1. The van der Waals surface area contributed by atoms with Gasteiger partial charge in [-0.3, -0.25) is 0 Å². The Kier molecular flexibility index (Phi) is 3.35. The van der Waals surface area contributed by atoms with Crippen molar-refractivity contribution in [2.75, 3.05) is 11.9 Å². The molecule has 0 bridgehead atoms. The zero-order chi connectivity index (χ0) is 13.9. The Morgan fingerprint density at radius 1 is 1.20 bits per heavy atom. The normalized spacial score (nSPS) is 12.5. The first-order valence-electron chi connectivity index (χ1n) is 6.60. The quantitative estimate of drug-likeness (QED) is 0.760. The summed E-state index contributed by atoms with van der Waals surface area (Å²) in [7, 11) is 0. The molecular weight excluding hydrogens is 250 g/mol. The first kappa shape index (κ1) is 12.6. The SMILES string of the molecule is Cc1ccc2nc(NCC(N)c3ccccc3)nn2c1. The number of hydrogen-bond acceptors (Lipinski definition) is 4. The summed E-state index contributed by atoms with van der Waals surface area (Å²) in [5.74, 6) is 0.599. The predicted octanol–water partition coefficient (Wildman–Crippen LogP) is 2.15. The van der Waals surface area contributed by atoms with Crippen LogP contribution < -0.4 is 11.1 Å². The van der Waals surface area contributed by atoms with Crippen LogP contribution in [-0.2, 0) is 0 Å². The molecule has 3 rings (SSSR count). The van der Waals surface area contributed by atoms with Gasteiger partial charge in [0.2, 0.25) is 5.95 Å². The molecule has 0 aliphatic rings. The van der Waals surface area contributed by atoms with Crippen LogP contribution in [0.3, 0.4) is 0 Å². The van der Waals surface area contributed by atoms with Gasteiger partial charge in [0.15, 0.2) is 5.65 Å². The van der Waals surface area contributed by atoms with Crippen molar-refractivity contribution in [2.24, 2.45) is 5.73 Å². The maximum absolute atomic E-state index is 6.14. The lowest BCUT2D eigenvalue weighted by Gasteiger charge is -2.11. The fourth-order valence-electron chi connectivity index (χ4n) is 2.08. The summed E-state index contributed by atoms with van der Waals surface area (Å²) >= 11 is 0. The Balaban J connectivity index is 1.71. The molecule has 0 fully saturated rings. The summed E-state index contributed by atoms with van der Waals surface area (Å²) in [5.41, 5.74) is 9.21. The average molecular weight is 267 g/mol. The van der Waals surface area contributed by atoms with Crippen molar-refractivity contribution >= 4 is 11.6 Å². The molecule has 1 aromatic carbocycles. The topological polar surface area (TPSA) is 68.2 Å². The molecule has 1 atom stereocenters. The summed E-state index contributed by atoms with van der Waals surface area (Å²) in [6, 6.07) is 13.9. The molecule has 3 aromatic rings. The third-order valence-electron chi connectivity index (χ3n) is 3.19. The van der Waals surface area contributed by atoms with Crippen LogP contribution in [0.15, 0.2) is 48.7 Å². The van der Waals surface area contributed by atoms with Crippen molar-refractivity contribution in [1.82, 2.24) is 14.6 Å². The highest BCUT2D eigenvalue weighted by Gasteiger charge is 2.07. The summed E-state index contributed by atoms with van der Waals surface area (Å²) in [6.45, 7) is 2.62. The number of anilines is 1. The molecule has 5 heteroatoms. The van der Waals surface area contributed by atoms with Gasteiger partial charge in [-0.2, -0.15) is 4.98 Å². The zero-order valence-electron chi connectivity index (χ0n) is 11.3. The van der Waals surface area contributed by atoms with Gasteiger partial charge in [-0.1, -0.05) is 36.4 Å². The number of aryl methyl sites for hydroxylation is 1. The highest BCUT2D eigenvalue weighted by Crippen LogP contribution is 2.11. The molecule has 1 unspecified atom stereocenters. The lowest BCUT2D eigenvalue weighted by atomic mass is 10.1. The molecule has 2 aromatic heterocycles. The molecule has 102 valence electrons. The minimum atomic E-state index is -0.0791. The van der Waals surface area contributed by atoms with Crippen molar-refractivity contribution in [3.8, 4) is 0 Å². The van der Waals surface area contributed by atoms with Crippen LogP contribution in [0.1, 0.15) is 17.2 Å². The number of nitrogens with one attached hydrogen (secondary N) is 1. The maximum Gasteiger partial charge on any atom is 0.243 e. The Labute approximate surface area is 117 Å². The van der Waals surface area contributed by atoms with Gasteiger partial charge in [0, 0.05) is 18.8 Å². The van der Waals surface area contributed by atoms with Gasteiger partial charge in [0.1, 0.15) is 0 Å². The Bertz CT molecular complexity index is 705. The van der Waals surface area contributed by atoms with E-state index in [0.29, 0.717) is 12.5 Å². The molecule has 0 aliphatic heterocycles. The lowest BCUT2D eigenvalue weighted by molar-refractivity contribution is 0.757. The lowest BCUT2D eigenvalue weighted by Crippen LogP contribution is -2.21. The van der Waals surface area contributed by atoms with E-state index in [1.165, 1.54) is 0 Å². The highest BCUT2D eigenvalue weighted by molar-refractivity contribution is 5.44. The number of hydrogen-bond donors (Lipinski definition) is 2. The summed E-state index contributed by atoms with van der Waals surface area (Å²) in [4.78, 5) is 4.40. The number of fused-ring (bicyclic) bond motifs is 1. The van der Waals surface area contributed by atoms with Gasteiger partial charge in [-0.15, -0.1) is 5.10 Å². The Morgan fingerprint density at radius 3 is 2.80 bits per heavy atom.